The average molecular weight is 382 g/mol. The number of ether oxygens (including phenoxy) is 1. The maximum atomic E-state index is 10.7. The van der Waals surface area contributed by atoms with E-state index in [1.54, 1.807) is 36.5 Å². The monoisotopic (exact) mass is 381 g/mol. The number of rotatable bonds is 7. The second kappa shape index (κ2) is 8.82. The molecule has 0 aliphatic carbocycles. The van der Waals surface area contributed by atoms with Crippen molar-refractivity contribution in [2.75, 3.05) is 5.43 Å². The van der Waals surface area contributed by atoms with Crippen molar-refractivity contribution in [1.82, 2.24) is 0 Å². The van der Waals surface area contributed by atoms with E-state index in [4.69, 9.17) is 16.3 Å². The Morgan fingerprint density at radius 2 is 1.81 bits per heavy atom. The fraction of sp³-hybridized carbons (Fsp3) is 0.0500. The summed E-state index contributed by atoms with van der Waals surface area (Å²) >= 11 is 6.08. The summed E-state index contributed by atoms with van der Waals surface area (Å²) in [6.45, 7) is 0.430. The maximum absolute atomic E-state index is 10.7. The summed E-state index contributed by atoms with van der Waals surface area (Å²) in [5.74, 6) is 0.650. The Hall–Kier alpha value is -3.38. The highest BCUT2D eigenvalue weighted by Gasteiger charge is 2.05. The van der Waals surface area contributed by atoms with E-state index in [1.807, 2.05) is 30.3 Å². The molecular formula is C20H16ClN3O3. The molecule has 3 rings (SSSR count). The Kier molecular flexibility index (Phi) is 6.02. The molecule has 0 spiro atoms. The summed E-state index contributed by atoms with van der Waals surface area (Å²) in [5, 5.41) is 15.4. The molecule has 3 aromatic carbocycles. The lowest BCUT2D eigenvalue weighted by Crippen LogP contribution is -1.99. The SMILES string of the molecule is O=[N+]([O-])c1ccc(N/N=C/c2cc(Cl)ccc2OCc2ccccc2)cc1. The highest BCUT2D eigenvalue weighted by molar-refractivity contribution is 6.30. The molecule has 0 radical (unpaired) electrons. The first-order valence-electron chi connectivity index (χ1n) is 8.11. The van der Waals surface area contributed by atoms with Crippen LogP contribution in [0.1, 0.15) is 11.1 Å². The first-order valence-corrected chi connectivity index (χ1v) is 8.49. The number of non-ortho nitro benzene ring substituents is 1. The van der Waals surface area contributed by atoms with E-state index in [0.29, 0.717) is 28.6 Å². The van der Waals surface area contributed by atoms with Crippen LogP contribution in [0.3, 0.4) is 0 Å². The van der Waals surface area contributed by atoms with Gasteiger partial charge in [0.2, 0.25) is 0 Å². The molecule has 0 saturated heterocycles. The van der Waals surface area contributed by atoms with E-state index in [0.717, 1.165) is 5.56 Å². The minimum atomic E-state index is -0.449. The van der Waals surface area contributed by atoms with Gasteiger partial charge in [-0.05, 0) is 35.9 Å². The number of nitrogens with zero attached hydrogens (tertiary/aromatic N) is 2. The Morgan fingerprint density at radius 1 is 1.07 bits per heavy atom. The maximum Gasteiger partial charge on any atom is 0.269 e. The Bertz CT molecular complexity index is 944. The lowest BCUT2D eigenvalue weighted by molar-refractivity contribution is -0.384. The molecule has 136 valence electrons. The van der Waals surface area contributed by atoms with E-state index >= 15 is 0 Å². The number of nitro benzene ring substituents is 1. The standard InChI is InChI=1S/C20H16ClN3O3/c21-17-6-11-20(27-14-15-4-2-1-3-5-15)16(12-17)13-22-23-18-7-9-19(10-8-18)24(25)26/h1-13,23H,14H2/b22-13+. The number of hydrogen-bond acceptors (Lipinski definition) is 5. The van der Waals surface area contributed by atoms with E-state index in [2.05, 4.69) is 10.5 Å². The van der Waals surface area contributed by atoms with Crippen LogP contribution in [0.25, 0.3) is 0 Å². The summed E-state index contributed by atoms with van der Waals surface area (Å²) in [7, 11) is 0. The van der Waals surface area contributed by atoms with Crippen molar-refractivity contribution < 1.29 is 9.66 Å². The molecule has 7 heteroatoms. The zero-order chi connectivity index (χ0) is 19.1. The third-order valence-electron chi connectivity index (χ3n) is 3.68. The lowest BCUT2D eigenvalue weighted by atomic mass is 10.2. The fourth-order valence-electron chi connectivity index (χ4n) is 2.32. The molecule has 27 heavy (non-hydrogen) atoms. The average Bonchev–Trinajstić information content (AvgIpc) is 2.68. The van der Waals surface area contributed by atoms with Gasteiger partial charge in [-0.1, -0.05) is 41.9 Å². The van der Waals surface area contributed by atoms with E-state index < -0.39 is 4.92 Å². The molecule has 0 heterocycles. The van der Waals surface area contributed by atoms with E-state index in [-0.39, 0.29) is 5.69 Å². The molecular weight excluding hydrogens is 366 g/mol. The predicted molar refractivity (Wildman–Crippen MR) is 107 cm³/mol. The van der Waals surface area contributed by atoms with Crippen molar-refractivity contribution in [2.45, 2.75) is 6.61 Å². The summed E-state index contributed by atoms with van der Waals surface area (Å²) in [5.41, 5.74) is 5.25. The molecule has 1 N–H and O–H groups in total. The van der Waals surface area contributed by atoms with Gasteiger partial charge in [-0.15, -0.1) is 0 Å². The van der Waals surface area contributed by atoms with Gasteiger partial charge in [0.15, 0.2) is 0 Å². The number of hydrazone groups is 1. The van der Waals surface area contributed by atoms with Crippen molar-refractivity contribution in [2.24, 2.45) is 5.10 Å². The zero-order valence-electron chi connectivity index (χ0n) is 14.2. The highest BCUT2D eigenvalue weighted by Crippen LogP contribution is 2.23. The topological polar surface area (TPSA) is 76.8 Å². The van der Waals surface area contributed by atoms with Gasteiger partial charge >= 0.3 is 0 Å². The van der Waals surface area contributed by atoms with Gasteiger partial charge in [0, 0.05) is 22.7 Å². The van der Waals surface area contributed by atoms with E-state index in [1.165, 1.54) is 12.1 Å². The lowest BCUT2D eigenvalue weighted by Gasteiger charge is -2.09. The van der Waals surface area contributed by atoms with Gasteiger partial charge < -0.3 is 4.74 Å². The van der Waals surface area contributed by atoms with Crippen LogP contribution in [0.15, 0.2) is 77.9 Å². The number of hydrogen-bond donors (Lipinski definition) is 1. The number of benzene rings is 3. The van der Waals surface area contributed by atoms with Gasteiger partial charge in [0.1, 0.15) is 12.4 Å². The largest absolute Gasteiger partial charge is 0.488 e. The van der Waals surface area contributed by atoms with Gasteiger partial charge in [-0.25, -0.2) is 0 Å². The summed E-state index contributed by atoms with van der Waals surface area (Å²) in [6.07, 6.45) is 1.59. The Morgan fingerprint density at radius 3 is 2.52 bits per heavy atom. The van der Waals surface area contributed by atoms with Crippen LogP contribution in [0.5, 0.6) is 5.75 Å². The van der Waals surface area contributed by atoms with Gasteiger partial charge in [0.05, 0.1) is 16.8 Å². The Balaban J connectivity index is 1.68. The molecule has 0 bridgehead atoms. The second-order valence-corrected chi connectivity index (χ2v) is 6.07. The number of nitrogens with one attached hydrogen (secondary N) is 1. The van der Waals surface area contributed by atoms with Crippen molar-refractivity contribution in [1.29, 1.82) is 0 Å². The van der Waals surface area contributed by atoms with Crippen molar-refractivity contribution in [3.05, 3.63) is 99.1 Å². The molecule has 0 saturated carbocycles. The molecule has 0 fully saturated rings. The molecule has 0 aliphatic rings. The minimum Gasteiger partial charge on any atom is -0.488 e. The molecule has 0 aromatic heterocycles. The van der Waals surface area contributed by atoms with Crippen molar-refractivity contribution in [3.8, 4) is 5.75 Å². The van der Waals surface area contributed by atoms with E-state index in [9.17, 15) is 10.1 Å². The van der Waals surface area contributed by atoms with Crippen molar-refractivity contribution >= 4 is 29.2 Å². The second-order valence-electron chi connectivity index (χ2n) is 5.63. The fourth-order valence-corrected chi connectivity index (χ4v) is 2.50. The molecule has 0 amide bonds. The van der Waals surface area contributed by atoms with Crippen LogP contribution in [0, 0.1) is 10.1 Å². The minimum absolute atomic E-state index is 0.0240. The Labute approximate surface area is 161 Å². The smallest absolute Gasteiger partial charge is 0.269 e. The van der Waals surface area contributed by atoms with Crippen LogP contribution in [0.2, 0.25) is 5.02 Å². The van der Waals surface area contributed by atoms with Crippen LogP contribution >= 0.6 is 11.6 Å². The van der Waals surface area contributed by atoms with Gasteiger partial charge in [-0.2, -0.15) is 5.10 Å². The molecule has 6 nitrogen and oxygen atoms in total. The third-order valence-corrected chi connectivity index (χ3v) is 3.92. The van der Waals surface area contributed by atoms with Gasteiger partial charge in [-0.3, -0.25) is 15.5 Å². The zero-order valence-corrected chi connectivity index (χ0v) is 15.0. The molecule has 0 unspecified atom stereocenters. The van der Waals surface area contributed by atoms with Crippen LogP contribution in [0.4, 0.5) is 11.4 Å². The summed E-state index contributed by atoms with van der Waals surface area (Å²) in [6, 6.07) is 21.1. The quantitative estimate of drug-likeness (QED) is 0.343. The predicted octanol–water partition coefficient (Wildman–Crippen LogP) is 5.27. The number of nitro groups is 1. The number of halogens is 1. The van der Waals surface area contributed by atoms with Gasteiger partial charge in [0.25, 0.3) is 5.69 Å². The molecule has 0 atom stereocenters. The van der Waals surface area contributed by atoms with Crippen LogP contribution in [-0.2, 0) is 6.61 Å². The first kappa shape index (κ1) is 18.4. The first-order chi connectivity index (χ1) is 13.1. The summed E-state index contributed by atoms with van der Waals surface area (Å²) in [4.78, 5) is 10.2. The molecule has 3 aromatic rings. The molecule has 0 aliphatic heterocycles. The van der Waals surface area contributed by atoms with Crippen molar-refractivity contribution in [3.63, 3.8) is 0 Å². The number of anilines is 1. The normalized spacial score (nSPS) is 10.7. The highest BCUT2D eigenvalue weighted by atomic mass is 35.5. The summed E-state index contributed by atoms with van der Waals surface area (Å²) < 4.78 is 5.87. The van der Waals surface area contributed by atoms with Crippen LogP contribution < -0.4 is 10.2 Å². The van der Waals surface area contributed by atoms with Crippen LogP contribution in [-0.4, -0.2) is 11.1 Å². The third kappa shape index (κ3) is 5.29.